The molecule has 0 amide bonds. The summed E-state index contributed by atoms with van der Waals surface area (Å²) >= 11 is 0. The van der Waals surface area contributed by atoms with Crippen molar-refractivity contribution in [3.05, 3.63) is 22.5 Å². The third kappa shape index (κ3) is 4.09. The van der Waals surface area contributed by atoms with Gasteiger partial charge < -0.3 is 15.2 Å². The molecule has 1 aromatic rings. The molecule has 0 unspecified atom stereocenters. The summed E-state index contributed by atoms with van der Waals surface area (Å²) in [6.45, 7) is 1.86. The van der Waals surface area contributed by atoms with Crippen molar-refractivity contribution in [1.82, 2.24) is 9.78 Å². The summed E-state index contributed by atoms with van der Waals surface area (Å²) < 4.78 is 11.3. The van der Waals surface area contributed by atoms with Crippen molar-refractivity contribution in [2.45, 2.75) is 6.54 Å². The lowest BCUT2D eigenvalue weighted by Gasteiger charge is -2.05. The van der Waals surface area contributed by atoms with Gasteiger partial charge in [-0.15, -0.1) is 0 Å². The van der Waals surface area contributed by atoms with Gasteiger partial charge in [-0.2, -0.15) is 5.10 Å². The van der Waals surface area contributed by atoms with E-state index in [9.17, 15) is 4.79 Å². The minimum atomic E-state index is -0.181. The predicted molar refractivity (Wildman–Crippen MR) is 55.6 cm³/mol. The summed E-state index contributed by atoms with van der Waals surface area (Å²) in [6, 6.07) is 2.86. The fourth-order valence-electron chi connectivity index (χ4n) is 1.02. The number of nitrogens with zero attached hydrogens (tertiary/aromatic N) is 2. The van der Waals surface area contributed by atoms with E-state index in [1.165, 1.54) is 16.8 Å². The first-order valence-corrected chi connectivity index (χ1v) is 4.64. The van der Waals surface area contributed by atoms with Crippen LogP contribution in [0.3, 0.4) is 0 Å². The first kappa shape index (κ1) is 11.7. The van der Waals surface area contributed by atoms with Crippen LogP contribution in [0.5, 0.6) is 0 Å². The van der Waals surface area contributed by atoms with Gasteiger partial charge in [-0.25, -0.2) is 4.68 Å². The van der Waals surface area contributed by atoms with E-state index in [1.54, 1.807) is 7.11 Å². The van der Waals surface area contributed by atoms with Gasteiger partial charge in [0.2, 0.25) is 0 Å². The average molecular weight is 213 g/mol. The number of ether oxygens (including phenoxy) is 2. The number of hydrogen-bond donors (Lipinski definition) is 1. The van der Waals surface area contributed by atoms with Gasteiger partial charge in [-0.3, -0.25) is 4.79 Å². The maximum Gasteiger partial charge on any atom is 0.266 e. The smallest absolute Gasteiger partial charge is 0.266 e. The number of aromatic nitrogens is 2. The third-order valence-corrected chi connectivity index (χ3v) is 1.77. The van der Waals surface area contributed by atoms with Crippen molar-refractivity contribution in [3.8, 4) is 0 Å². The highest BCUT2D eigenvalue weighted by molar-refractivity contribution is 5.23. The number of nitrogen functional groups attached to an aromatic ring is 1. The van der Waals surface area contributed by atoms with E-state index in [0.717, 1.165) is 0 Å². The standard InChI is InChI=1S/C9H15N3O3/c1-14-6-7-15-5-4-12-9(13)3-2-8(10)11-12/h2-3H,4-7H2,1H3,(H2,10,11). The summed E-state index contributed by atoms with van der Waals surface area (Å²) in [6.07, 6.45) is 0. The normalized spacial score (nSPS) is 10.5. The lowest BCUT2D eigenvalue weighted by Crippen LogP contribution is -2.25. The molecule has 0 radical (unpaired) electrons. The van der Waals surface area contributed by atoms with Crippen molar-refractivity contribution in [2.24, 2.45) is 0 Å². The Labute approximate surface area is 87.6 Å². The second-order valence-electron chi connectivity index (χ2n) is 2.92. The Morgan fingerprint density at radius 3 is 2.93 bits per heavy atom. The minimum Gasteiger partial charge on any atom is -0.382 e. The van der Waals surface area contributed by atoms with Crippen LogP contribution in [0, 0.1) is 0 Å². The first-order chi connectivity index (χ1) is 7.24. The lowest BCUT2D eigenvalue weighted by molar-refractivity contribution is 0.0649. The molecule has 0 saturated carbocycles. The van der Waals surface area contributed by atoms with Crippen molar-refractivity contribution < 1.29 is 9.47 Å². The highest BCUT2D eigenvalue weighted by Gasteiger charge is 1.97. The zero-order valence-electron chi connectivity index (χ0n) is 8.68. The van der Waals surface area contributed by atoms with Crippen LogP contribution in [-0.2, 0) is 16.0 Å². The highest BCUT2D eigenvalue weighted by Crippen LogP contribution is 1.89. The lowest BCUT2D eigenvalue weighted by atomic mass is 10.5. The van der Waals surface area contributed by atoms with Crippen molar-refractivity contribution in [3.63, 3.8) is 0 Å². The van der Waals surface area contributed by atoms with Crippen LogP contribution in [0.1, 0.15) is 0 Å². The Morgan fingerprint density at radius 1 is 1.40 bits per heavy atom. The second-order valence-corrected chi connectivity index (χ2v) is 2.92. The fourth-order valence-corrected chi connectivity index (χ4v) is 1.02. The second kappa shape index (κ2) is 6.15. The molecule has 6 nitrogen and oxygen atoms in total. The van der Waals surface area contributed by atoms with Gasteiger partial charge in [0.1, 0.15) is 5.82 Å². The molecule has 84 valence electrons. The minimum absolute atomic E-state index is 0.181. The van der Waals surface area contributed by atoms with Crippen LogP contribution >= 0.6 is 0 Å². The number of nitrogens with two attached hydrogens (primary N) is 1. The van der Waals surface area contributed by atoms with E-state index >= 15 is 0 Å². The quantitative estimate of drug-likeness (QED) is 0.644. The largest absolute Gasteiger partial charge is 0.382 e. The molecule has 0 atom stereocenters. The van der Waals surface area contributed by atoms with Crippen LogP contribution in [0.4, 0.5) is 5.82 Å². The Morgan fingerprint density at radius 2 is 2.20 bits per heavy atom. The average Bonchev–Trinajstić information content (AvgIpc) is 2.23. The molecule has 0 aliphatic rings. The molecule has 6 heteroatoms. The molecule has 0 aromatic carbocycles. The maximum absolute atomic E-state index is 11.3. The van der Waals surface area contributed by atoms with Gasteiger partial charge in [0, 0.05) is 13.2 Å². The zero-order valence-corrected chi connectivity index (χ0v) is 8.68. The van der Waals surface area contributed by atoms with Gasteiger partial charge >= 0.3 is 0 Å². The molecule has 0 saturated heterocycles. The van der Waals surface area contributed by atoms with E-state index in [4.69, 9.17) is 15.2 Å². The van der Waals surface area contributed by atoms with Crippen LogP contribution < -0.4 is 11.3 Å². The molecule has 1 rings (SSSR count). The summed E-state index contributed by atoms with van der Waals surface area (Å²) in [5.74, 6) is 0.325. The van der Waals surface area contributed by atoms with Crippen molar-refractivity contribution >= 4 is 5.82 Å². The van der Waals surface area contributed by atoms with E-state index < -0.39 is 0 Å². The number of methoxy groups -OCH3 is 1. The van der Waals surface area contributed by atoms with Crippen molar-refractivity contribution in [1.29, 1.82) is 0 Å². The Hall–Kier alpha value is -1.40. The van der Waals surface area contributed by atoms with E-state index in [2.05, 4.69) is 5.10 Å². The summed E-state index contributed by atoms with van der Waals surface area (Å²) in [7, 11) is 1.60. The molecule has 0 bridgehead atoms. The van der Waals surface area contributed by atoms with Crippen molar-refractivity contribution in [2.75, 3.05) is 32.7 Å². The monoisotopic (exact) mass is 213 g/mol. The van der Waals surface area contributed by atoms with E-state index in [1.807, 2.05) is 0 Å². The van der Waals surface area contributed by atoms with Gasteiger partial charge in [-0.1, -0.05) is 0 Å². The molecule has 1 heterocycles. The number of hydrogen-bond acceptors (Lipinski definition) is 5. The Balaban J connectivity index is 2.37. The van der Waals surface area contributed by atoms with E-state index in [-0.39, 0.29) is 5.56 Å². The molecule has 0 spiro atoms. The highest BCUT2D eigenvalue weighted by atomic mass is 16.5. The summed E-state index contributed by atoms with van der Waals surface area (Å²) in [5, 5.41) is 3.86. The first-order valence-electron chi connectivity index (χ1n) is 4.64. The Bertz CT molecular complexity index is 351. The molecule has 0 fully saturated rings. The van der Waals surface area contributed by atoms with Gasteiger partial charge in [-0.05, 0) is 6.07 Å². The summed E-state index contributed by atoms with van der Waals surface area (Å²) in [4.78, 5) is 11.3. The number of rotatable bonds is 6. The van der Waals surface area contributed by atoms with Crippen LogP contribution in [0.25, 0.3) is 0 Å². The topological polar surface area (TPSA) is 79.4 Å². The molecular formula is C9H15N3O3. The van der Waals surface area contributed by atoms with Gasteiger partial charge in [0.15, 0.2) is 0 Å². The van der Waals surface area contributed by atoms with E-state index in [0.29, 0.717) is 32.2 Å². The molecule has 2 N–H and O–H groups in total. The van der Waals surface area contributed by atoms with Crippen LogP contribution in [-0.4, -0.2) is 36.7 Å². The van der Waals surface area contributed by atoms with Gasteiger partial charge in [0.25, 0.3) is 5.56 Å². The molecule has 0 aliphatic carbocycles. The third-order valence-electron chi connectivity index (χ3n) is 1.77. The number of anilines is 1. The summed E-state index contributed by atoms with van der Waals surface area (Å²) in [5.41, 5.74) is 5.27. The molecule has 15 heavy (non-hydrogen) atoms. The maximum atomic E-state index is 11.3. The zero-order chi connectivity index (χ0) is 11.1. The fraction of sp³-hybridized carbons (Fsp3) is 0.556. The molecule has 1 aromatic heterocycles. The van der Waals surface area contributed by atoms with Crippen LogP contribution in [0.2, 0.25) is 0 Å². The Kier molecular flexibility index (Phi) is 4.79. The molecule has 0 aliphatic heterocycles. The van der Waals surface area contributed by atoms with Gasteiger partial charge in [0.05, 0.1) is 26.4 Å². The van der Waals surface area contributed by atoms with Crippen LogP contribution in [0.15, 0.2) is 16.9 Å². The molecular weight excluding hydrogens is 198 g/mol. The SMILES string of the molecule is COCCOCCn1nc(N)ccc1=O. The predicted octanol–water partition coefficient (Wildman–Crippen LogP) is -0.511.